The van der Waals surface area contributed by atoms with E-state index in [0.29, 0.717) is 0 Å². The molecular formula is C21H19F3O7. The molecule has 166 valence electrons. The zero-order valence-corrected chi connectivity index (χ0v) is 16.2. The maximum Gasteiger partial charge on any atom is 0.426 e. The van der Waals surface area contributed by atoms with E-state index in [1.807, 2.05) is 0 Å². The number of aliphatic hydroxyl groups is 1. The minimum Gasteiger partial charge on any atom is -0.459 e. The summed E-state index contributed by atoms with van der Waals surface area (Å²) in [4.78, 5) is 24.6. The van der Waals surface area contributed by atoms with Gasteiger partial charge in [0.2, 0.25) is 0 Å². The summed E-state index contributed by atoms with van der Waals surface area (Å²) in [5.41, 5.74) is -3.56. The number of esters is 2. The lowest BCUT2D eigenvalue weighted by atomic mass is 9.94. The molecule has 1 heterocycles. The van der Waals surface area contributed by atoms with E-state index < -0.39 is 48.8 Å². The van der Waals surface area contributed by atoms with Gasteiger partial charge in [-0.1, -0.05) is 36.4 Å². The van der Waals surface area contributed by atoms with Gasteiger partial charge in [-0.2, -0.15) is 13.2 Å². The van der Waals surface area contributed by atoms with E-state index in [4.69, 9.17) is 14.2 Å². The molecule has 0 aromatic heterocycles. The van der Waals surface area contributed by atoms with Crippen LogP contribution in [0.1, 0.15) is 20.7 Å². The molecule has 10 heteroatoms. The van der Waals surface area contributed by atoms with Gasteiger partial charge in [-0.05, 0) is 24.3 Å². The SMILES string of the molecule is CO[C@H]1O[C@H](COC(=O)c2ccccc2)C(OC(=O)c2ccccc2)C1(O)C(F)(F)F. The largest absolute Gasteiger partial charge is 0.459 e. The molecule has 0 radical (unpaired) electrons. The topological polar surface area (TPSA) is 91.3 Å². The Hall–Kier alpha value is -2.95. The number of ether oxygens (including phenoxy) is 4. The van der Waals surface area contributed by atoms with Crippen LogP contribution in [-0.4, -0.2) is 61.0 Å². The number of rotatable bonds is 6. The van der Waals surface area contributed by atoms with E-state index in [1.54, 1.807) is 24.3 Å². The molecule has 2 aromatic carbocycles. The van der Waals surface area contributed by atoms with E-state index in [2.05, 4.69) is 4.74 Å². The highest BCUT2D eigenvalue weighted by molar-refractivity contribution is 5.90. The Morgan fingerprint density at radius 3 is 2.00 bits per heavy atom. The lowest BCUT2D eigenvalue weighted by Gasteiger charge is -2.33. The van der Waals surface area contributed by atoms with Gasteiger partial charge in [0.25, 0.3) is 5.60 Å². The molecule has 0 spiro atoms. The van der Waals surface area contributed by atoms with Crippen molar-refractivity contribution >= 4 is 11.9 Å². The summed E-state index contributed by atoms with van der Waals surface area (Å²) in [6, 6.07) is 15.0. The highest BCUT2D eigenvalue weighted by Crippen LogP contribution is 2.45. The Labute approximate surface area is 175 Å². The summed E-state index contributed by atoms with van der Waals surface area (Å²) in [5, 5.41) is 10.5. The Morgan fingerprint density at radius 1 is 1.00 bits per heavy atom. The minimum atomic E-state index is -5.28. The van der Waals surface area contributed by atoms with Gasteiger partial charge in [0.15, 0.2) is 12.4 Å². The van der Waals surface area contributed by atoms with Crippen LogP contribution in [0, 0.1) is 0 Å². The second-order valence-corrected chi connectivity index (χ2v) is 6.72. The molecule has 0 bridgehead atoms. The van der Waals surface area contributed by atoms with Crippen molar-refractivity contribution < 1.29 is 46.8 Å². The highest BCUT2D eigenvalue weighted by Gasteiger charge is 2.72. The van der Waals surface area contributed by atoms with E-state index in [1.165, 1.54) is 36.4 Å². The van der Waals surface area contributed by atoms with Gasteiger partial charge in [0, 0.05) is 7.11 Å². The summed E-state index contributed by atoms with van der Waals surface area (Å²) in [6.07, 6.45) is -11.4. The number of carbonyl (C=O) groups is 2. The number of carbonyl (C=O) groups excluding carboxylic acids is 2. The van der Waals surface area contributed by atoms with Crippen LogP contribution in [0.15, 0.2) is 60.7 Å². The third-order valence-electron chi connectivity index (χ3n) is 4.73. The first-order valence-corrected chi connectivity index (χ1v) is 9.14. The molecule has 0 amide bonds. The van der Waals surface area contributed by atoms with Gasteiger partial charge in [0.1, 0.15) is 12.7 Å². The van der Waals surface area contributed by atoms with Crippen LogP contribution in [0.4, 0.5) is 13.2 Å². The second kappa shape index (κ2) is 9.04. The number of halogens is 3. The summed E-state index contributed by atoms with van der Waals surface area (Å²) in [7, 11) is 0.899. The maximum absolute atomic E-state index is 13.8. The molecule has 1 N–H and O–H groups in total. The molecule has 4 atom stereocenters. The average Bonchev–Trinajstić information content (AvgIpc) is 3.05. The molecule has 1 aliphatic rings. The minimum absolute atomic E-state index is 0.0343. The van der Waals surface area contributed by atoms with Gasteiger partial charge in [-0.3, -0.25) is 0 Å². The molecule has 2 unspecified atom stereocenters. The van der Waals surface area contributed by atoms with Crippen molar-refractivity contribution in [3.63, 3.8) is 0 Å². The van der Waals surface area contributed by atoms with Crippen molar-refractivity contribution in [2.45, 2.75) is 30.3 Å². The number of benzene rings is 2. The summed E-state index contributed by atoms with van der Waals surface area (Å²) in [5.74, 6) is -1.94. The van der Waals surface area contributed by atoms with E-state index >= 15 is 0 Å². The molecule has 1 fully saturated rings. The predicted octanol–water partition coefficient (Wildman–Crippen LogP) is 2.73. The first-order chi connectivity index (χ1) is 14.7. The first kappa shape index (κ1) is 22.7. The highest BCUT2D eigenvalue weighted by atomic mass is 19.4. The molecule has 3 rings (SSSR count). The molecule has 7 nitrogen and oxygen atoms in total. The van der Waals surface area contributed by atoms with Gasteiger partial charge >= 0.3 is 18.1 Å². The number of alkyl halides is 3. The summed E-state index contributed by atoms with van der Waals surface area (Å²) >= 11 is 0. The normalized spacial score (nSPS) is 25.8. The van der Waals surface area contributed by atoms with Crippen molar-refractivity contribution in [3.8, 4) is 0 Å². The maximum atomic E-state index is 13.8. The lowest BCUT2D eigenvalue weighted by molar-refractivity contribution is -0.325. The summed E-state index contributed by atoms with van der Waals surface area (Å²) in [6.45, 7) is -0.723. The van der Waals surface area contributed by atoms with E-state index in [-0.39, 0.29) is 11.1 Å². The number of methoxy groups -OCH3 is 1. The fourth-order valence-corrected chi connectivity index (χ4v) is 3.15. The van der Waals surface area contributed by atoms with Crippen LogP contribution < -0.4 is 0 Å². The van der Waals surface area contributed by atoms with Crippen molar-refractivity contribution in [1.29, 1.82) is 0 Å². The lowest BCUT2D eigenvalue weighted by Crippen LogP contribution is -2.61. The Bertz CT molecular complexity index is 904. The molecular weight excluding hydrogens is 421 g/mol. The number of hydrogen-bond acceptors (Lipinski definition) is 7. The standard InChI is InChI=1S/C21H19F3O7/c1-28-19-20(27,21(22,23)24)16(31-18(26)14-10-6-3-7-11-14)15(30-19)12-29-17(25)13-8-4-2-5-9-13/h2-11,15-16,19,27H,12H2,1H3/t15-,16?,19+,20?/m1/s1. The fraction of sp³-hybridized carbons (Fsp3) is 0.333. The van der Waals surface area contributed by atoms with Crippen molar-refractivity contribution in [3.05, 3.63) is 71.8 Å². The van der Waals surface area contributed by atoms with Crippen molar-refractivity contribution in [1.82, 2.24) is 0 Å². The third-order valence-corrected chi connectivity index (χ3v) is 4.73. The molecule has 2 aromatic rings. The monoisotopic (exact) mass is 440 g/mol. The van der Waals surface area contributed by atoms with E-state index in [9.17, 15) is 27.9 Å². The Morgan fingerprint density at radius 2 is 1.52 bits per heavy atom. The molecule has 31 heavy (non-hydrogen) atoms. The van der Waals surface area contributed by atoms with Crippen molar-refractivity contribution in [2.75, 3.05) is 13.7 Å². The predicted molar refractivity (Wildman–Crippen MR) is 99.0 cm³/mol. The van der Waals surface area contributed by atoms with Gasteiger partial charge in [-0.25, -0.2) is 9.59 Å². The van der Waals surface area contributed by atoms with Crippen LogP contribution in [-0.2, 0) is 18.9 Å². The van der Waals surface area contributed by atoms with Crippen LogP contribution in [0.3, 0.4) is 0 Å². The Kier molecular flexibility index (Phi) is 6.63. The smallest absolute Gasteiger partial charge is 0.426 e. The second-order valence-electron chi connectivity index (χ2n) is 6.72. The zero-order chi connectivity index (χ0) is 22.6. The van der Waals surface area contributed by atoms with Gasteiger partial charge in [-0.15, -0.1) is 0 Å². The molecule has 1 aliphatic heterocycles. The summed E-state index contributed by atoms with van der Waals surface area (Å²) < 4.78 is 61.3. The average molecular weight is 440 g/mol. The number of hydrogen-bond donors (Lipinski definition) is 1. The van der Waals surface area contributed by atoms with Gasteiger partial charge < -0.3 is 24.1 Å². The van der Waals surface area contributed by atoms with Crippen LogP contribution in [0.5, 0.6) is 0 Å². The van der Waals surface area contributed by atoms with E-state index in [0.717, 1.165) is 7.11 Å². The quantitative estimate of drug-likeness (QED) is 0.691. The van der Waals surface area contributed by atoms with Crippen LogP contribution in [0.2, 0.25) is 0 Å². The van der Waals surface area contributed by atoms with Crippen LogP contribution in [0.25, 0.3) is 0 Å². The molecule has 1 saturated heterocycles. The molecule has 0 aliphatic carbocycles. The Balaban J connectivity index is 1.85. The van der Waals surface area contributed by atoms with Gasteiger partial charge in [0.05, 0.1) is 11.1 Å². The first-order valence-electron chi connectivity index (χ1n) is 9.14. The molecule has 0 saturated carbocycles. The van der Waals surface area contributed by atoms with Crippen LogP contribution >= 0.6 is 0 Å². The zero-order valence-electron chi connectivity index (χ0n) is 16.2. The fourth-order valence-electron chi connectivity index (χ4n) is 3.15. The van der Waals surface area contributed by atoms with Crippen molar-refractivity contribution in [2.24, 2.45) is 0 Å². The third kappa shape index (κ3) is 4.55.